The van der Waals surface area contributed by atoms with Crippen molar-refractivity contribution in [2.75, 3.05) is 26.2 Å². The van der Waals surface area contributed by atoms with Crippen LogP contribution >= 0.6 is 0 Å². The molecule has 0 bridgehead atoms. The number of sulfonamides is 1. The first-order valence-electron chi connectivity index (χ1n) is 12.2. The number of carbonyl (C=O) groups is 1. The summed E-state index contributed by atoms with van der Waals surface area (Å²) in [4.78, 5) is 18.2. The average Bonchev–Trinajstić information content (AvgIpc) is 3.41. The summed E-state index contributed by atoms with van der Waals surface area (Å²) < 4.78 is 29.1. The number of nitrogens with zero attached hydrogens (tertiary/aromatic N) is 3. The summed E-state index contributed by atoms with van der Waals surface area (Å²) in [7, 11) is -3.69. The second kappa shape index (κ2) is 8.78. The van der Waals surface area contributed by atoms with E-state index < -0.39 is 10.0 Å². The molecule has 1 saturated carbocycles. The van der Waals surface area contributed by atoms with Crippen LogP contribution in [0.25, 0.3) is 0 Å². The Balaban J connectivity index is 1.32. The second-order valence-corrected chi connectivity index (χ2v) is 11.4. The van der Waals surface area contributed by atoms with Crippen LogP contribution in [-0.2, 0) is 14.8 Å². The molecule has 3 fully saturated rings. The Labute approximate surface area is 191 Å². The highest BCUT2D eigenvalue weighted by Crippen LogP contribution is 2.36. The summed E-state index contributed by atoms with van der Waals surface area (Å²) in [5, 5.41) is 3.30. The second-order valence-electron chi connectivity index (χ2n) is 9.79. The number of fused-ring (bicyclic) bond motifs is 1. The van der Waals surface area contributed by atoms with Gasteiger partial charge in [0, 0.05) is 24.2 Å². The van der Waals surface area contributed by atoms with Gasteiger partial charge in [-0.05, 0) is 63.7 Å². The van der Waals surface area contributed by atoms with Crippen LogP contribution in [0.5, 0.6) is 0 Å². The molecule has 32 heavy (non-hydrogen) atoms. The van der Waals surface area contributed by atoms with E-state index in [-0.39, 0.29) is 22.4 Å². The molecular formula is C24H34N4O3S. The minimum absolute atomic E-state index is 0.00827. The van der Waals surface area contributed by atoms with Crippen LogP contribution in [0, 0.1) is 0 Å². The first-order chi connectivity index (χ1) is 15.5. The number of amides is 1. The van der Waals surface area contributed by atoms with Gasteiger partial charge in [-0.3, -0.25) is 9.69 Å². The largest absolute Gasteiger partial charge is 0.352 e. The third-order valence-electron chi connectivity index (χ3n) is 7.84. The number of likely N-dealkylation sites (tertiary alicyclic amines) is 2. The van der Waals surface area contributed by atoms with E-state index in [0.29, 0.717) is 24.5 Å². The van der Waals surface area contributed by atoms with Crippen molar-refractivity contribution >= 4 is 21.8 Å². The monoisotopic (exact) mass is 458 g/mol. The highest BCUT2D eigenvalue weighted by Gasteiger charge is 2.42. The summed E-state index contributed by atoms with van der Waals surface area (Å²) in [6.07, 6.45) is 11.4. The summed E-state index contributed by atoms with van der Waals surface area (Å²) >= 11 is 0. The fourth-order valence-corrected chi connectivity index (χ4v) is 7.36. The lowest BCUT2D eigenvalue weighted by molar-refractivity contribution is -0.125. The summed E-state index contributed by atoms with van der Waals surface area (Å²) in [6.45, 7) is 3.61. The first kappa shape index (κ1) is 21.9. The molecule has 1 unspecified atom stereocenters. The van der Waals surface area contributed by atoms with Gasteiger partial charge in [0.25, 0.3) is 10.0 Å². The van der Waals surface area contributed by atoms with E-state index in [9.17, 15) is 13.2 Å². The van der Waals surface area contributed by atoms with E-state index in [1.54, 1.807) is 18.2 Å². The summed E-state index contributed by atoms with van der Waals surface area (Å²) in [5.41, 5.74) is 0.697. The Morgan fingerprint density at radius 2 is 1.72 bits per heavy atom. The van der Waals surface area contributed by atoms with Crippen LogP contribution in [0.2, 0.25) is 0 Å². The fraction of sp³-hybridized carbons (Fsp3) is 0.667. The lowest BCUT2D eigenvalue weighted by Crippen LogP contribution is -2.59. The number of carbonyl (C=O) groups excluding carboxylic acids is 1. The number of benzene rings is 1. The number of amidine groups is 1. The molecule has 8 heteroatoms. The Kier molecular flexibility index (Phi) is 6.01. The van der Waals surface area contributed by atoms with Gasteiger partial charge < -0.3 is 10.2 Å². The minimum Gasteiger partial charge on any atom is -0.352 e. The zero-order valence-electron chi connectivity index (χ0n) is 18.8. The molecule has 3 aliphatic heterocycles. The number of hydrogen-bond acceptors (Lipinski definition) is 5. The number of nitrogens with one attached hydrogen (secondary N) is 1. The van der Waals surface area contributed by atoms with Crippen LogP contribution < -0.4 is 5.32 Å². The molecule has 3 heterocycles. The van der Waals surface area contributed by atoms with Crippen molar-refractivity contribution < 1.29 is 13.2 Å². The molecule has 1 aliphatic carbocycles. The van der Waals surface area contributed by atoms with E-state index in [1.165, 1.54) is 38.5 Å². The lowest BCUT2D eigenvalue weighted by Gasteiger charge is -2.48. The van der Waals surface area contributed by atoms with Crippen molar-refractivity contribution in [3.8, 4) is 0 Å². The van der Waals surface area contributed by atoms with Gasteiger partial charge in [0.15, 0.2) is 5.84 Å². The van der Waals surface area contributed by atoms with Crippen molar-refractivity contribution in [1.29, 1.82) is 0 Å². The van der Waals surface area contributed by atoms with E-state index in [2.05, 4.69) is 14.6 Å². The maximum Gasteiger partial charge on any atom is 0.285 e. The number of rotatable bonds is 4. The van der Waals surface area contributed by atoms with Gasteiger partial charge in [-0.25, -0.2) is 0 Å². The van der Waals surface area contributed by atoms with Gasteiger partial charge in [-0.2, -0.15) is 8.42 Å². The Hall–Kier alpha value is -1.93. The summed E-state index contributed by atoms with van der Waals surface area (Å²) in [6, 6.07) is 6.56. The number of piperidine rings is 1. The van der Waals surface area contributed by atoms with Gasteiger partial charge in [0.1, 0.15) is 10.9 Å². The highest BCUT2D eigenvalue weighted by atomic mass is 32.2. The normalized spacial score (nSPS) is 27.1. The third-order valence-corrected chi connectivity index (χ3v) is 9.17. The number of hydrogen-bond donors (Lipinski definition) is 1. The first-order valence-corrected chi connectivity index (χ1v) is 13.7. The lowest BCUT2D eigenvalue weighted by atomic mass is 9.79. The molecule has 1 aromatic carbocycles. The fourth-order valence-electron chi connectivity index (χ4n) is 6.14. The van der Waals surface area contributed by atoms with Crippen LogP contribution in [-0.4, -0.2) is 67.7 Å². The molecule has 4 aliphatic rings. The van der Waals surface area contributed by atoms with E-state index in [1.807, 2.05) is 11.0 Å². The molecule has 0 spiro atoms. The maximum absolute atomic E-state index is 13.4. The molecule has 1 aromatic rings. The molecule has 1 amide bonds. The van der Waals surface area contributed by atoms with Crippen molar-refractivity contribution in [2.24, 2.45) is 4.40 Å². The average molecular weight is 459 g/mol. The van der Waals surface area contributed by atoms with Crippen molar-refractivity contribution in [2.45, 2.75) is 80.7 Å². The van der Waals surface area contributed by atoms with Gasteiger partial charge >= 0.3 is 0 Å². The predicted octanol–water partition coefficient (Wildman–Crippen LogP) is 2.90. The topological polar surface area (TPSA) is 82.1 Å². The minimum atomic E-state index is -3.69. The van der Waals surface area contributed by atoms with E-state index in [0.717, 1.165) is 38.8 Å². The molecule has 0 radical (unpaired) electrons. The Bertz CT molecular complexity index is 994. The molecule has 1 N–H and O–H groups in total. The quantitative estimate of drug-likeness (QED) is 0.750. The van der Waals surface area contributed by atoms with Crippen LogP contribution in [0.3, 0.4) is 0 Å². The Morgan fingerprint density at radius 3 is 2.50 bits per heavy atom. The molecule has 174 valence electrons. The Morgan fingerprint density at radius 1 is 1.00 bits per heavy atom. The van der Waals surface area contributed by atoms with E-state index >= 15 is 0 Å². The zero-order chi connectivity index (χ0) is 22.2. The molecular weight excluding hydrogens is 424 g/mol. The molecule has 0 aromatic heterocycles. The van der Waals surface area contributed by atoms with Crippen LogP contribution in [0.15, 0.2) is 33.6 Å². The van der Waals surface area contributed by atoms with Crippen molar-refractivity contribution in [3.05, 3.63) is 29.8 Å². The van der Waals surface area contributed by atoms with Gasteiger partial charge in [0.2, 0.25) is 5.91 Å². The van der Waals surface area contributed by atoms with Crippen LogP contribution in [0.1, 0.15) is 69.8 Å². The zero-order valence-corrected chi connectivity index (χ0v) is 19.6. The van der Waals surface area contributed by atoms with E-state index in [4.69, 9.17) is 0 Å². The summed E-state index contributed by atoms with van der Waals surface area (Å²) in [5.74, 6) is 0.440. The van der Waals surface area contributed by atoms with Crippen molar-refractivity contribution in [1.82, 2.24) is 15.1 Å². The smallest absolute Gasteiger partial charge is 0.285 e. The third kappa shape index (κ3) is 3.96. The maximum atomic E-state index is 13.4. The van der Waals surface area contributed by atoms with Crippen LogP contribution in [0.4, 0.5) is 0 Å². The van der Waals surface area contributed by atoms with Gasteiger partial charge in [0.05, 0.1) is 0 Å². The van der Waals surface area contributed by atoms with Gasteiger partial charge in [-0.1, -0.05) is 37.8 Å². The predicted molar refractivity (Wildman–Crippen MR) is 124 cm³/mol. The SMILES string of the molecule is O=C(NCC1(N2CCCCC2)CCCCC1)C1CCCN1C1=NS(=O)(=O)c2ccccc21. The standard InChI is InChI=1S/C24H34N4O3S/c29-23(25-18-24(13-5-1-6-14-24)27-15-7-2-8-16-27)20-11-9-17-28(20)22-19-10-3-4-12-21(19)32(30,31)26-22/h3-4,10,12,20H,1-2,5-9,11,13-18H2,(H,25,29). The molecule has 2 saturated heterocycles. The molecule has 7 nitrogen and oxygen atoms in total. The molecule has 5 rings (SSSR count). The highest BCUT2D eigenvalue weighted by molar-refractivity contribution is 7.90. The van der Waals surface area contributed by atoms with Crippen molar-refractivity contribution in [3.63, 3.8) is 0 Å². The molecule has 1 atom stereocenters. The van der Waals surface area contributed by atoms with Gasteiger partial charge in [-0.15, -0.1) is 4.40 Å².